The van der Waals surface area contributed by atoms with E-state index in [1.54, 1.807) is 18.4 Å². The molecule has 0 aliphatic heterocycles. The molecule has 1 rings (SSSR count). The van der Waals surface area contributed by atoms with E-state index in [1.165, 1.54) is 6.07 Å². The Balaban J connectivity index is 2.27. The second-order valence-electron chi connectivity index (χ2n) is 3.56. The summed E-state index contributed by atoms with van der Waals surface area (Å²) in [7, 11) is -0.731. The number of hydrogen-bond acceptors (Lipinski definition) is 2. The van der Waals surface area contributed by atoms with Gasteiger partial charge in [-0.05, 0) is 30.7 Å². The van der Waals surface area contributed by atoms with E-state index in [9.17, 15) is 8.60 Å². The first-order valence-electron chi connectivity index (χ1n) is 5.04. The van der Waals surface area contributed by atoms with Crippen LogP contribution < -0.4 is 5.32 Å². The molecule has 0 spiro atoms. The summed E-state index contributed by atoms with van der Waals surface area (Å²) in [5.41, 5.74) is 0.948. The molecule has 1 atom stereocenters. The molecule has 0 radical (unpaired) electrons. The van der Waals surface area contributed by atoms with Crippen molar-refractivity contribution in [3.05, 3.63) is 34.6 Å². The fourth-order valence-electron chi connectivity index (χ4n) is 1.28. The van der Waals surface area contributed by atoms with Gasteiger partial charge in [-0.2, -0.15) is 0 Å². The molecule has 1 aromatic carbocycles. The molecule has 1 aromatic rings. The fourth-order valence-corrected chi connectivity index (χ4v) is 2.04. The molecule has 1 N–H and O–H groups in total. The lowest BCUT2D eigenvalue weighted by Crippen LogP contribution is -2.16. The van der Waals surface area contributed by atoms with E-state index >= 15 is 0 Å². The minimum atomic E-state index is -0.731. The average Bonchev–Trinajstić information content (AvgIpc) is 2.22. The van der Waals surface area contributed by atoms with Gasteiger partial charge in [0.25, 0.3) is 0 Å². The lowest BCUT2D eigenvalue weighted by molar-refractivity contribution is 0.624. The lowest BCUT2D eigenvalue weighted by atomic mass is 10.2. The first-order valence-corrected chi connectivity index (χ1v) is 7.15. The van der Waals surface area contributed by atoms with Crippen LogP contribution in [-0.2, 0) is 17.3 Å². The number of rotatable bonds is 6. The number of halogens is 2. The Morgan fingerprint density at radius 2 is 2.25 bits per heavy atom. The van der Waals surface area contributed by atoms with Crippen molar-refractivity contribution in [2.24, 2.45) is 0 Å². The monoisotopic (exact) mass is 263 g/mol. The first-order chi connectivity index (χ1) is 7.59. The van der Waals surface area contributed by atoms with Gasteiger partial charge in [0, 0.05) is 29.4 Å². The third kappa shape index (κ3) is 5.05. The molecule has 16 heavy (non-hydrogen) atoms. The third-order valence-electron chi connectivity index (χ3n) is 2.10. The van der Waals surface area contributed by atoms with Gasteiger partial charge in [-0.15, -0.1) is 0 Å². The van der Waals surface area contributed by atoms with Crippen molar-refractivity contribution in [1.82, 2.24) is 5.32 Å². The van der Waals surface area contributed by atoms with Crippen molar-refractivity contribution < 1.29 is 8.60 Å². The summed E-state index contributed by atoms with van der Waals surface area (Å²) in [5, 5.41) is 3.34. The summed E-state index contributed by atoms with van der Waals surface area (Å²) in [5.74, 6) is 0.309. The Morgan fingerprint density at radius 3 is 2.88 bits per heavy atom. The van der Waals surface area contributed by atoms with Gasteiger partial charge in [0.1, 0.15) is 5.82 Å². The molecule has 0 unspecified atom stereocenters. The van der Waals surface area contributed by atoms with Crippen LogP contribution in [0.1, 0.15) is 12.0 Å². The smallest absolute Gasteiger partial charge is 0.141 e. The molecular weight excluding hydrogens is 249 g/mol. The van der Waals surface area contributed by atoms with Crippen LogP contribution >= 0.6 is 11.6 Å². The van der Waals surface area contributed by atoms with Crippen LogP contribution in [0.5, 0.6) is 0 Å². The predicted molar refractivity (Wildman–Crippen MR) is 66.7 cm³/mol. The zero-order valence-electron chi connectivity index (χ0n) is 9.13. The van der Waals surface area contributed by atoms with Crippen LogP contribution in [0.3, 0.4) is 0 Å². The van der Waals surface area contributed by atoms with E-state index in [0.717, 1.165) is 18.5 Å². The van der Waals surface area contributed by atoms with Crippen molar-refractivity contribution in [3.8, 4) is 0 Å². The topological polar surface area (TPSA) is 29.1 Å². The molecule has 2 nitrogen and oxygen atoms in total. The zero-order valence-corrected chi connectivity index (χ0v) is 10.7. The number of benzene rings is 1. The quantitative estimate of drug-likeness (QED) is 0.799. The molecule has 0 amide bonds. The molecule has 0 fully saturated rings. The van der Waals surface area contributed by atoms with Gasteiger partial charge in [-0.25, -0.2) is 4.39 Å². The molecule has 0 saturated heterocycles. The molecular formula is C11H15ClFNOS. The second-order valence-corrected chi connectivity index (χ2v) is 5.52. The molecule has 0 aliphatic rings. The Bertz CT molecular complexity index is 373. The van der Waals surface area contributed by atoms with Crippen molar-refractivity contribution in [2.45, 2.75) is 13.0 Å². The van der Waals surface area contributed by atoms with E-state index in [1.807, 2.05) is 0 Å². The fraction of sp³-hybridized carbons (Fsp3) is 0.455. The minimum absolute atomic E-state index is 0.147. The van der Waals surface area contributed by atoms with Gasteiger partial charge in [0.15, 0.2) is 0 Å². The van der Waals surface area contributed by atoms with Crippen molar-refractivity contribution in [3.63, 3.8) is 0 Å². The van der Waals surface area contributed by atoms with Gasteiger partial charge in [0.2, 0.25) is 0 Å². The number of hydrogen-bond donors (Lipinski definition) is 1. The summed E-state index contributed by atoms with van der Waals surface area (Å²) >= 11 is 5.65. The highest BCUT2D eigenvalue weighted by Gasteiger charge is 2.00. The highest BCUT2D eigenvalue weighted by molar-refractivity contribution is 7.84. The zero-order chi connectivity index (χ0) is 12.0. The molecule has 0 bridgehead atoms. The third-order valence-corrected chi connectivity index (χ3v) is 3.25. The SMILES string of the molecule is C[S@@](=O)CCCNCc1ccc(F)c(Cl)c1. The molecule has 5 heteroatoms. The Labute approximate surface area is 103 Å². The van der Waals surface area contributed by atoms with Crippen LogP contribution in [0.15, 0.2) is 18.2 Å². The van der Waals surface area contributed by atoms with Gasteiger partial charge in [-0.1, -0.05) is 17.7 Å². The number of nitrogens with one attached hydrogen (secondary N) is 1. The van der Waals surface area contributed by atoms with Crippen molar-refractivity contribution in [2.75, 3.05) is 18.6 Å². The van der Waals surface area contributed by atoms with E-state index < -0.39 is 16.6 Å². The van der Waals surface area contributed by atoms with E-state index in [0.29, 0.717) is 12.3 Å². The summed E-state index contributed by atoms with van der Waals surface area (Å²) < 4.78 is 23.6. The van der Waals surface area contributed by atoms with Crippen LogP contribution in [0, 0.1) is 5.82 Å². The Hall–Kier alpha value is -0.450. The Morgan fingerprint density at radius 1 is 1.50 bits per heavy atom. The van der Waals surface area contributed by atoms with E-state index in [4.69, 9.17) is 11.6 Å². The normalized spacial score (nSPS) is 12.7. The maximum Gasteiger partial charge on any atom is 0.141 e. The highest BCUT2D eigenvalue weighted by atomic mass is 35.5. The van der Waals surface area contributed by atoms with Crippen molar-refractivity contribution >= 4 is 22.4 Å². The second kappa shape index (κ2) is 6.99. The molecule has 0 aliphatic carbocycles. The van der Waals surface area contributed by atoms with Crippen molar-refractivity contribution in [1.29, 1.82) is 0 Å². The molecule has 0 heterocycles. The van der Waals surface area contributed by atoms with Crippen LogP contribution in [0.2, 0.25) is 5.02 Å². The molecule has 0 saturated carbocycles. The van der Waals surface area contributed by atoms with Gasteiger partial charge >= 0.3 is 0 Å². The van der Waals surface area contributed by atoms with Crippen LogP contribution in [0.25, 0.3) is 0 Å². The maximum absolute atomic E-state index is 12.8. The lowest BCUT2D eigenvalue weighted by Gasteiger charge is -2.05. The van der Waals surface area contributed by atoms with E-state index in [2.05, 4.69) is 5.32 Å². The van der Waals surface area contributed by atoms with E-state index in [-0.39, 0.29) is 5.02 Å². The molecule has 0 aromatic heterocycles. The summed E-state index contributed by atoms with van der Waals surface area (Å²) in [6.07, 6.45) is 2.57. The standard InChI is InChI=1S/C11H15ClFNOS/c1-16(15)6-2-5-14-8-9-3-4-11(13)10(12)7-9/h3-4,7,14H,2,5-6,8H2,1H3/t16-/m1/s1. The minimum Gasteiger partial charge on any atom is -0.313 e. The van der Waals surface area contributed by atoms with Crippen LogP contribution in [0.4, 0.5) is 4.39 Å². The summed E-state index contributed by atoms with van der Waals surface area (Å²) in [4.78, 5) is 0. The molecule has 90 valence electrons. The summed E-state index contributed by atoms with van der Waals surface area (Å²) in [6.45, 7) is 1.45. The maximum atomic E-state index is 12.8. The van der Waals surface area contributed by atoms with Gasteiger partial charge in [-0.3, -0.25) is 4.21 Å². The average molecular weight is 264 g/mol. The summed E-state index contributed by atoms with van der Waals surface area (Å²) in [6, 6.07) is 4.68. The highest BCUT2D eigenvalue weighted by Crippen LogP contribution is 2.15. The van der Waals surface area contributed by atoms with Crippen LogP contribution in [-0.4, -0.2) is 22.8 Å². The predicted octanol–water partition coefficient (Wildman–Crippen LogP) is 2.34. The van der Waals surface area contributed by atoms with Gasteiger partial charge < -0.3 is 5.32 Å². The largest absolute Gasteiger partial charge is 0.313 e. The first kappa shape index (κ1) is 13.6. The Kier molecular flexibility index (Phi) is 5.95. The van der Waals surface area contributed by atoms with Gasteiger partial charge in [0.05, 0.1) is 5.02 Å².